The molecule has 38 heavy (non-hydrogen) atoms. The lowest BCUT2D eigenvalue weighted by molar-refractivity contribution is 0.628. The van der Waals surface area contributed by atoms with E-state index in [1.165, 1.54) is 12.1 Å². The first-order chi connectivity index (χ1) is 18.4. The first-order valence-electron chi connectivity index (χ1n) is 12.6. The highest BCUT2D eigenvalue weighted by Crippen LogP contribution is 2.35. The van der Waals surface area contributed by atoms with Crippen LogP contribution in [0.25, 0.3) is 55.6 Å². The molecule has 0 saturated carbocycles. The molecule has 4 aromatic heterocycles. The smallest absolute Gasteiger partial charge is 0.138 e. The van der Waals surface area contributed by atoms with Crippen molar-refractivity contribution in [2.75, 3.05) is 5.32 Å². The first-order valence-corrected chi connectivity index (χ1v) is 12.6. The Bertz CT molecular complexity index is 1800. The molecule has 0 radical (unpaired) electrons. The second-order valence-corrected chi connectivity index (χ2v) is 9.94. The van der Waals surface area contributed by atoms with Crippen molar-refractivity contribution in [1.29, 1.82) is 0 Å². The van der Waals surface area contributed by atoms with Crippen molar-refractivity contribution in [3.05, 3.63) is 97.3 Å². The second-order valence-electron chi connectivity index (χ2n) is 9.94. The number of aromatic nitrogens is 5. The highest BCUT2D eigenvalue weighted by Gasteiger charge is 2.15. The number of aromatic amines is 2. The summed E-state index contributed by atoms with van der Waals surface area (Å²) in [4.78, 5) is 12.4. The summed E-state index contributed by atoms with van der Waals surface area (Å²) in [6.45, 7) is 8.48. The summed E-state index contributed by atoms with van der Waals surface area (Å²) in [6, 6.07) is 18.8. The normalized spacial score (nSPS) is 11.5. The third-order valence-corrected chi connectivity index (χ3v) is 6.53. The highest BCUT2D eigenvalue weighted by atomic mass is 19.1. The largest absolute Gasteiger partial charge is 0.358 e. The number of rotatable bonds is 7. The molecule has 0 spiro atoms. The maximum absolute atomic E-state index is 13.9. The van der Waals surface area contributed by atoms with Crippen molar-refractivity contribution < 1.29 is 4.39 Å². The molecule has 0 amide bonds. The third-order valence-electron chi connectivity index (χ3n) is 6.53. The number of hydrogen-bond acceptors (Lipinski definition) is 4. The van der Waals surface area contributed by atoms with E-state index in [1.807, 2.05) is 36.7 Å². The van der Waals surface area contributed by atoms with E-state index < -0.39 is 0 Å². The quantitative estimate of drug-likeness (QED) is 0.207. The Morgan fingerprint density at radius 2 is 1.87 bits per heavy atom. The fourth-order valence-corrected chi connectivity index (χ4v) is 4.88. The molecule has 0 fully saturated rings. The molecule has 0 unspecified atom stereocenters. The number of anilines is 1. The van der Waals surface area contributed by atoms with Crippen LogP contribution in [0.15, 0.2) is 91.5 Å². The standard InChI is InChI=1S/C31H27FN6/c1-18(2)11-19(3)35-24-13-22(16-33-17-24)20-7-8-28-27(14-20)30(38-37-28)29-15-26-25(9-10-34-31(26)36-29)21-5-4-6-23(32)12-21/h4-10,12-18,35H,3,11H2,1-2H3,(H,34,36)(H,37,38). The minimum Gasteiger partial charge on any atom is -0.358 e. The van der Waals surface area contributed by atoms with Crippen LogP contribution >= 0.6 is 0 Å². The highest BCUT2D eigenvalue weighted by molar-refractivity contribution is 6.00. The number of hydrogen-bond donors (Lipinski definition) is 3. The summed E-state index contributed by atoms with van der Waals surface area (Å²) >= 11 is 0. The number of pyridine rings is 2. The van der Waals surface area contributed by atoms with E-state index in [4.69, 9.17) is 0 Å². The Morgan fingerprint density at radius 3 is 2.71 bits per heavy atom. The van der Waals surface area contributed by atoms with Gasteiger partial charge in [0.25, 0.3) is 0 Å². The molecule has 0 saturated heterocycles. The molecule has 0 bridgehead atoms. The zero-order chi connectivity index (χ0) is 26.2. The summed E-state index contributed by atoms with van der Waals surface area (Å²) < 4.78 is 13.9. The minimum absolute atomic E-state index is 0.271. The molecule has 0 aliphatic rings. The van der Waals surface area contributed by atoms with Crippen LogP contribution in [-0.2, 0) is 0 Å². The molecule has 7 heteroatoms. The Kier molecular flexibility index (Phi) is 5.96. The van der Waals surface area contributed by atoms with Crippen molar-refractivity contribution >= 4 is 27.6 Å². The van der Waals surface area contributed by atoms with Crippen molar-refractivity contribution in [2.24, 2.45) is 5.92 Å². The van der Waals surface area contributed by atoms with E-state index >= 15 is 0 Å². The van der Waals surface area contributed by atoms with Gasteiger partial charge in [-0.15, -0.1) is 0 Å². The molecule has 3 N–H and O–H groups in total. The summed E-state index contributed by atoms with van der Waals surface area (Å²) in [5.41, 5.74) is 8.88. The van der Waals surface area contributed by atoms with Gasteiger partial charge in [0.1, 0.15) is 17.2 Å². The van der Waals surface area contributed by atoms with Crippen LogP contribution in [0, 0.1) is 11.7 Å². The molecule has 4 heterocycles. The van der Waals surface area contributed by atoms with Crippen molar-refractivity contribution in [1.82, 2.24) is 25.1 Å². The fourth-order valence-electron chi connectivity index (χ4n) is 4.88. The van der Waals surface area contributed by atoms with Crippen LogP contribution in [0.5, 0.6) is 0 Å². The zero-order valence-corrected chi connectivity index (χ0v) is 21.2. The minimum atomic E-state index is -0.271. The molecular weight excluding hydrogens is 475 g/mol. The van der Waals surface area contributed by atoms with Gasteiger partial charge in [-0.2, -0.15) is 5.10 Å². The number of nitrogens with zero attached hydrogens (tertiary/aromatic N) is 3. The number of nitrogens with one attached hydrogen (secondary N) is 3. The van der Waals surface area contributed by atoms with E-state index in [0.29, 0.717) is 5.92 Å². The maximum atomic E-state index is 13.9. The first kappa shape index (κ1) is 23.6. The summed E-state index contributed by atoms with van der Waals surface area (Å²) in [5.74, 6) is 0.255. The van der Waals surface area contributed by atoms with Gasteiger partial charge in [0.05, 0.1) is 23.1 Å². The van der Waals surface area contributed by atoms with Crippen molar-refractivity contribution in [3.63, 3.8) is 0 Å². The molecule has 6 nitrogen and oxygen atoms in total. The average molecular weight is 503 g/mol. The lowest BCUT2D eigenvalue weighted by Crippen LogP contribution is -2.02. The lowest BCUT2D eigenvalue weighted by atomic mass is 10.0. The third kappa shape index (κ3) is 4.54. The van der Waals surface area contributed by atoms with E-state index in [-0.39, 0.29) is 5.82 Å². The van der Waals surface area contributed by atoms with Crippen LogP contribution in [0.4, 0.5) is 10.1 Å². The molecular formula is C31H27FN6. The Balaban J connectivity index is 1.38. The summed E-state index contributed by atoms with van der Waals surface area (Å²) in [6.07, 6.45) is 6.29. The van der Waals surface area contributed by atoms with Crippen molar-refractivity contribution in [3.8, 4) is 33.6 Å². The SMILES string of the molecule is C=C(CC(C)C)Nc1cncc(-c2ccc3[nH]nc(-c4cc5c(-c6cccc(F)c6)ccnc5[nH]4)c3c2)c1. The molecule has 188 valence electrons. The Morgan fingerprint density at radius 1 is 0.974 bits per heavy atom. The van der Waals surface area contributed by atoms with Crippen LogP contribution in [-0.4, -0.2) is 25.1 Å². The van der Waals surface area contributed by atoms with Gasteiger partial charge < -0.3 is 10.3 Å². The van der Waals surface area contributed by atoms with Gasteiger partial charge in [-0.05, 0) is 71.5 Å². The predicted molar refractivity (Wildman–Crippen MR) is 152 cm³/mol. The van der Waals surface area contributed by atoms with Crippen LogP contribution in [0.3, 0.4) is 0 Å². The molecule has 0 atom stereocenters. The fraction of sp³-hybridized carbons (Fsp3) is 0.129. The zero-order valence-electron chi connectivity index (χ0n) is 21.2. The van der Waals surface area contributed by atoms with E-state index in [0.717, 1.165) is 73.4 Å². The number of benzene rings is 2. The molecule has 6 aromatic rings. The molecule has 2 aromatic carbocycles. The number of H-pyrrole nitrogens is 2. The van der Waals surface area contributed by atoms with Crippen molar-refractivity contribution in [2.45, 2.75) is 20.3 Å². The van der Waals surface area contributed by atoms with Gasteiger partial charge in [-0.1, -0.05) is 38.6 Å². The van der Waals surface area contributed by atoms with Gasteiger partial charge in [0.15, 0.2) is 0 Å². The topological polar surface area (TPSA) is 82.3 Å². The van der Waals surface area contributed by atoms with Gasteiger partial charge >= 0.3 is 0 Å². The van der Waals surface area contributed by atoms with Crippen LogP contribution in [0.1, 0.15) is 20.3 Å². The Hall–Kier alpha value is -4.78. The van der Waals surface area contributed by atoms with Gasteiger partial charge in [-0.3, -0.25) is 10.1 Å². The Labute approximate surface area is 219 Å². The summed E-state index contributed by atoms with van der Waals surface area (Å²) in [5, 5.41) is 13.0. The van der Waals surface area contributed by atoms with Gasteiger partial charge in [0, 0.05) is 34.4 Å². The van der Waals surface area contributed by atoms with E-state index in [2.05, 4.69) is 69.1 Å². The monoisotopic (exact) mass is 502 g/mol. The van der Waals surface area contributed by atoms with Crippen LogP contribution in [0.2, 0.25) is 0 Å². The lowest BCUT2D eigenvalue weighted by Gasteiger charge is -2.12. The molecule has 0 aliphatic heterocycles. The number of allylic oxidation sites excluding steroid dienone is 1. The summed E-state index contributed by atoms with van der Waals surface area (Å²) in [7, 11) is 0. The number of fused-ring (bicyclic) bond motifs is 2. The van der Waals surface area contributed by atoms with E-state index in [9.17, 15) is 4.39 Å². The van der Waals surface area contributed by atoms with Gasteiger partial charge in [-0.25, -0.2) is 9.37 Å². The predicted octanol–water partition coefficient (Wildman–Crippen LogP) is 7.95. The molecule has 6 rings (SSSR count). The van der Waals surface area contributed by atoms with E-state index in [1.54, 1.807) is 12.3 Å². The van der Waals surface area contributed by atoms with Gasteiger partial charge in [0.2, 0.25) is 0 Å². The second kappa shape index (κ2) is 9.59. The molecule has 0 aliphatic carbocycles. The number of halogens is 1. The maximum Gasteiger partial charge on any atom is 0.138 e. The average Bonchev–Trinajstić information content (AvgIpc) is 3.52. The van der Waals surface area contributed by atoms with Crippen LogP contribution < -0.4 is 5.32 Å².